The van der Waals surface area contributed by atoms with Gasteiger partial charge < -0.3 is 14.8 Å². The summed E-state index contributed by atoms with van der Waals surface area (Å²) >= 11 is 0. The topological polar surface area (TPSA) is 47.6 Å². The first-order valence-corrected chi connectivity index (χ1v) is 8.19. The van der Waals surface area contributed by atoms with E-state index in [4.69, 9.17) is 9.47 Å². The molecular formula is C18H26FNO3. The predicted molar refractivity (Wildman–Crippen MR) is 86.6 cm³/mol. The molecule has 128 valence electrons. The highest BCUT2D eigenvalue weighted by Gasteiger charge is 2.29. The van der Waals surface area contributed by atoms with Crippen LogP contribution >= 0.6 is 0 Å². The molecule has 0 saturated heterocycles. The van der Waals surface area contributed by atoms with E-state index in [1.807, 2.05) is 20.8 Å². The van der Waals surface area contributed by atoms with E-state index in [2.05, 4.69) is 5.32 Å². The van der Waals surface area contributed by atoms with E-state index < -0.39 is 11.7 Å². The smallest absolute Gasteiger partial charge is 0.407 e. The van der Waals surface area contributed by atoms with Crippen LogP contribution in [0.3, 0.4) is 0 Å². The number of carbonyl (C=O) groups is 1. The standard InChI is InChI=1S/C18H26FNO3/c1-18(2,3)23-17(21)20-15-6-4-5-7-16(15)22-12-13-8-10-14(19)11-9-13/h8-11,15-16H,4-7,12H2,1-3H3,(H,20,21). The lowest BCUT2D eigenvalue weighted by Gasteiger charge is -2.32. The lowest BCUT2D eigenvalue weighted by molar-refractivity contribution is -0.0113. The normalized spacial score (nSPS) is 21.7. The Kier molecular flexibility index (Phi) is 5.99. The number of amides is 1. The molecule has 0 radical (unpaired) electrons. The largest absolute Gasteiger partial charge is 0.444 e. The molecule has 2 rings (SSSR count). The van der Waals surface area contributed by atoms with E-state index in [9.17, 15) is 9.18 Å². The minimum Gasteiger partial charge on any atom is -0.444 e. The van der Waals surface area contributed by atoms with Gasteiger partial charge in [0.15, 0.2) is 0 Å². The lowest BCUT2D eigenvalue weighted by Crippen LogP contribution is -2.47. The van der Waals surface area contributed by atoms with Crippen molar-refractivity contribution in [3.63, 3.8) is 0 Å². The summed E-state index contributed by atoms with van der Waals surface area (Å²) in [5, 5.41) is 2.92. The second-order valence-electron chi connectivity index (χ2n) is 7.01. The Bertz CT molecular complexity index is 510. The second-order valence-corrected chi connectivity index (χ2v) is 7.01. The molecule has 1 aliphatic rings. The average molecular weight is 323 g/mol. The Hall–Kier alpha value is -1.62. The van der Waals surface area contributed by atoms with Gasteiger partial charge in [0.1, 0.15) is 11.4 Å². The van der Waals surface area contributed by atoms with Crippen LogP contribution in [0.5, 0.6) is 0 Å². The summed E-state index contributed by atoms with van der Waals surface area (Å²) in [4.78, 5) is 12.0. The van der Waals surface area contributed by atoms with Crippen LogP contribution in [0.25, 0.3) is 0 Å². The number of nitrogens with one attached hydrogen (secondary N) is 1. The number of hydrogen-bond acceptors (Lipinski definition) is 3. The molecule has 2 unspecified atom stereocenters. The fraction of sp³-hybridized carbons (Fsp3) is 0.611. The van der Waals surface area contributed by atoms with Gasteiger partial charge in [-0.05, 0) is 51.3 Å². The minimum absolute atomic E-state index is 0.0404. The van der Waals surface area contributed by atoms with Crippen molar-refractivity contribution in [2.24, 2.45) is 0 Å². The van der Waals surface area contributed by atoms with E-state index in [1.165, 1.54) is 12.1 Å². The molecule has 5 heteroatoms. The molecule has 1 amide bonds. The van der Waals surface area contributed by atoms with E-state index >= 15 is 0 Å². The Balaban J connectivity index is 1.87. The molecule has 1 saturated carbocycles. The zero-order chi connectivity index (χ0) is 16.9. The van der Waals surface area contributed by atoms with Gasteiger partial charge in [-0.15, -0.1) is 0 Å². The van der Waals surface area contributed by atoms with Crippen molar-refractivity contribution in [3.05, 3.63) is 35.6 Å². The predicted octanol–water partition coefficient (Wildman–Crippen LogP) is 4.18. The van der Waals surface area contributed by atoms with Crippen LogP contribution in [0.4, 0.5) is 9.18 Å². The van der Waals surface area contributed by atoms with Gasteiger partial charge in [0, 0.05) is 0 Å². The van der Waals surface area contributed by atoms with Crippen molar-refractivity contribution in [1.82, 2.24) is 5.32 Å². The molecular weight excluding hydrogens is 297 g/mol. The molecule has 0 heterocycles. The third-order valence-corrected chi connectivity index (χ3v) is 3.78. The van der Waals surface area contributed by atoms with Gasteiger partial charge in [-0.1, -0.05) is 25.0 Å². The Labute approximate surface area is 137 Å². The van der Waals surface area contributed by atoms with Gasteiger partial charge in [-0.3, -0.25) is 0 Å². The summed E-state index contributed by atoms with van der Waals surface area (Å²) in [5.74, 6) is -0.254. The first-order valence-electron chi connectivity index (χ1n) is 8.19. The van der Waals surface area contributed by atoms with Crippen molar-refractivity contribution < 1.29 is 18.7 Å². The minimum atomic E-state index is -0.511. The number of carbonyl (C=O) groups excluding carboxylic acids is 1. The molecule has 1 aromatic rings. The van der Waals surface area contributed by atoms with E-state index in [1.54, 1.807) is 12.1 Å². The summed E-state index contributed by atoms with van der Waals surface area (Å²) in [6.45, 7) is 5.94. The third kappa shape index (κ3) is 6.18. The fourth-order valence-electron chi connectivity index (χ4n) is 2.70. The number of ether oxygens (including phenoxy) is 2. The number of benzene rings is 1. The highest BCUT2D eigenvalue weighted by atomic mass is 19.1. The van der Waals surface area contributed by atoms with E-state index in [-0.39, 0.29) is 18.0 Å². The van der Waals surface area contributed by atoms with Crippen molar-refractivity contribution in [1.29, 1.82) is 0 Å². The lowest BCUT2D eigenvalue weighted by atomic mass is 9.92. The number of hydrogen-bond donors (Lipinski definition) is 1. The maximum absolute atomic E-state index is 12.9. The zero-order valence-corrected chi connectivity index (χ0v) is 14.1. The van der Waals surface area contributed by atoms with Crippen LogP contribution in [0.15, 0.2) is 24.3 Å². The summed E-state index contributed by atoms with van der Waals surface area (Å²) in [6.07, 6.45) is 3.49. The van der Waals surface area contributed by atoms with Crippen molar-refractivity contribution in [2.45, 2.75) is 70.8 Å². The van der Waals surface area contributed by atoms with Crippen LogP contribution in [0.2, 0.25) is 0 Å². The second kappa shape index (κ2) is 7.77. The highest BCUT2D eigenvalue weighted by Crippen LogP contribution is 2.23. The molecule has 0 aliphatic heterocycles. The third-order valence-electron chi connectivity index (χ3n) is 3.78. The molecule has 0 bridgehead atoms. The Morgan fingerprint density at radius 3 is 2.52 bits per heavy atom. The van der Waals surface area contributed by atoms with Crippen LogP contribution in [-0.4, -0.2) is 23.8 Å². The van der Waals surface area contributed by atoms with Gasteiger partial charge in [-0.2, -0.15) is 0 Å². The van der Waals surface area contributed by atoms with Crippen molar-refractivity contribution >= 4 is 6.09 Å². The number of alkyl carbamates (subject to hydrolysis) is 1. The molecule has 4 nitrogen and oxygen atoms in total. The average Bonchev–Trinajstić information content (AvgIpc) is 2.46. The molecule has 1 aliphatic carbocycles. The highest BCUT2D eigenvalue weighted by molar-refractivity contribution is 5.68. The number of halogens is 1. The molecule has 1 N–H and O–H groups in total. The SMILES string of the molecule is CC(C)(C)OC(=O)NC1CCCCC1OCc1ccc(F)cc1. The molecule has 23 heavy (non-hydrogen) atoms. The van der Waals surface area contributed by atoms with Gasteiger partial charge in [0.05, 0.1) is 18.8 Å². The Morgan fingerprint density at radius 1 is 1.22 bits per heavy atom. The first kappa shape index (κ1) is 17.7. The first-order chi connectivity index (χ1) is 10.8. The van der Waals surface area contributed by atoms with Crippen LogP contribution in [0.1, 0.15) is 52.0 Å². The molecule has 0 spiro atoms. The summed E-state index contributed by atoms with van der Waals surface area (Å²) < 4.78 is 24.2. The maximum atomic E-state index is 12.9. The van der Waals surface area contributed by atoms with Crippen LogP contribution in [0, 0.1) is 5.82 Å². The molecule has 1 fully saturated rings. The van der Waals surface area contributed by atoms with Crippen LogP contribution < -0.4 is 5.32 Å². The summed E-state index contributed by atoms with van der Waals surface area (Å²) in [5.41, 5.74) is 0.413. The number of rotatable bonds is 4. The monoisotopic (exact) mass is 323 g/mol. The Morgan fingerprint density at radius 2 is 1.87 bits per heavy atom. The fourth-order valence-corrected chi connectivity index (χ4v) is 2.70. The van der Waals surface area contributed by atoms with Gasteiger partial charge in [0.25, 0.3) is 0 Å². The van der Waals surface area contributed by atoms with Gasteiger partial charge in [0.2, 0.25) is 0 Å². The molecule has 1 aromatic carbocycles. The summed E-state index contributed by atoms with van der Waals surface area (Å²) in [7, 11) is 0. The molecule has 2 atom stereocenters. The van der Waals surface area contributed by atoms with Gasteiger partial charge >= 0.3 is 6.09 Å². The van der Waals surface area contributed by atoms with Gasteiger partial charge in [-0.25, -0.2) is 9.18 Å². The zero-order valence-electron chi connectivity index (χ0n) is 14.1. The van der Waals surface area contributed by atoms with Crippen molar-refractivity contribution in [3.8, 4) is 0 Å². The van der Waals surface area contributed by atoms with E-state index in [0.29, 0.717) is 6.61 Å². The molecule has 0 aromatic heterocycles. The van der Waals surface area contributed by atoms with Crippen LogP contribution in [-0.2, 0) is 16.1 Å². The van der Waals surface area contributed by atoms with E-state index in [0.717, 1.165) is 31.2 Å². The van der Waals surface area contributed by atoms with Crippen molar-refractivity contribution in [2.75, 3.05) is 0 Å². The quantitative estimate of drug-likeness (QED) is 0.904. The maximum Gasteiger partial charge on any atom is 0.407 e. The summed E-state index contributed by atoms with van der Waals surface area (Å²) in [6, 6.07) is 6.24.